The fourth-order valence-electron chi connectivity index (χ4n) is 1.44. The Labute approximate surface area is 110 Å². The smallest absolute Gasteiger partial charge is 0.271 e. The third-order valence-corrected chi connectivity index (χ3v) is 2.91. The van der Waals surface area contributed by atoms with Crippen LogP contribution in [0, 0.1) is 10.1 Å². The lowest BCUT2D eigenvalue weighted by atomic mass is 10.3. The number of benzene rings is 1. The van der Waals surface area contributed by atoms with Crippen molar-refractivity contribution in [2.24, 2.45) is 0 Å². The molecule has 2 rings (SSSR count). The molecule has 9 heteroatoms. The predicted octanol–water partition coefficient (Wildman–Crippen LogP) is 1.05. The lowest BCUT2D eigenvalue weighted by molar-refractivity contribution is -0.384. The summed E-state index contributed by atoms with van der Waals surface area (Å²) in [5.41, 5.74) is 0.513. The van der Waals surface area contributed by atoms with Crippen LogP contribution in [-0.2, 0) is 6.54 Å². The van der Waals surface area contributed by atoms with Gasteiger partial charge in [-0.15, -0.1) is 5.10 Å². The second kappa shape index (κ2) is 5.19. The Hall–Kier alpha value is -1.87. The summed E-state index contributed by atoms with van der Waals surface area (Å²) in [6, 6.07) is 4.42. The van der Waals surface area contributed by atoms with Crippen molar-refractivity contribution in [2.45, 2.75) is 6.54 Å². The van der Waals surface area contributed by atoms with E-state index >= 15 is 0 Å². The lowest BCUT2D eigenvalue weighted by Gasteiger charge is -2.06. The van der Waals surface area contributed by atoms with E-state index in [1.807, 2.05) is 0 Å². The third-order valence-electron chi connectivity index (χ3n) is 2.24. The molecule has 1 heterocycles. The number of nitrogens with one attached hydrogen (secondary N) is 1. The highest BCUT2D eigenvalue weighted by molar-refractivity contribution is 9.10. The van der Waals surface area contributed by atoms with E-state index in [0.29, 0.717) is 22.5 Å². The van der Waals surface area contributed by atoms with Crippen molar-refractivity contribution in [1.82, 2.24) is 25.5 Å². The van der Waals surface area contributed by atoms with Gasteiger partial charge in [0.25, 0.3) is 5.69 Å². The maximum Gasteiger partial charge on any atom is 0.271 e. The molecule has 0 saturated heterocycles. The summed E-state index contributed by atoms with van der Waals surface area (Å²) < 4.78 is 2.13. The first-order chi connectivity index (χ1) is 8.63. The second-order valence-corrected chi connectivity index (χ2v) is 4.28. The van der Waals surface area contributed by atoms with Crippen molar-refractivity contribution in [3.05, 3.63) is 38.6 Å². The summed E-state index contributed by atoms with van der Waals surface area (Å²) in [5.74, 6) is 0.568. The number of hydrogen-bond donors (Lipinski definition) is 1. The van der Waals surface area contributed by atoms with E-state index in [1.54, 1.807) is 13.1 Å². The van der Waals surface area contributed by atoms with Gasteiger partial charge in [0.2, 0.25) is 0 Å². The molecule has 0 saturated carbocycles. The first kappa shape index (κ1) is 12.6. The fourth-order valence-corrected chi connectivity index (χ4v) is 1.85. The average Bonchev–Trinajstić information content (AvgIpc) is 2.78. The molecule has 0 atom stereocenters. The highest BCUT2D eigenvalue weighted by Gasteiger charge is 2.15. The molecule has 0 radical (unpaired) electrons. The van der Waals surface area contributed by atoms with Gasteiger partial charge < -0.3 is 5.32 Å². The highest BCUT2D eigenvalue weighted by atomic mass is 79.9. The molecule has 0 spiro atoms. The number of nitro benzene ring substituents is 1. The molecule has 0 aliphatic carbocycles. The van der Waals surface area contributed by atoms with Gasteiger partial charge in [0.15, 0.2) is 5.82 Å². The first-order valence-corrected chi connectivity index (χ1v) is 5.79. The van der Waals surface area contributed by atoms with E-state index in [4.69, 9.17) is 0 Å². The molecule has 1 aromatic carbocycles. The molecule has 1 aromatic heterocycles. The van der Waals surface area contributed by atoms with Crippen molar-refractivity contribution < 1.29 is 4.92 Å². The maximum atomic E-state index is 10.8. The standard InChI is InChI=1S/C9H9BrN6O2/c1-11-5-9-12-13-14-15(9)8-4-6(16(17)18)2-3-7(8)10/h2-4,11H,5H2,1H3. The molecule has 2 aromatic rings. The van der Waals surface area contributed by atoms with Gasteiger partial charge in [0.1, 0.15) is 0 Å². The Kier molecular flexibility index (Phi) is 3.63. The summed E-state index contributed by atoms with van der Waals surface area (Å²) in [6.07, 6.45) is 0. The molecule has 0 bridgehead atoms. The number of nitrogens with zero attached hydrogens (tertiary/aromatic N) is 5. The molecule has 0 aliphatic heterocycles. The van der Waals surface area contributed by atoms with E-state index in [-0.39, 0.29) is 5.69 Å². The van der Waals surface area contributed by atoms with Crippen molar-refractivity contribution in [3.8, 4) is 5.69 Å². The van der Waals surface area contributed by atoms with E-state index in [9.17, 15) is 10.1 Å². The summed E-state index contributed by atoms with van der Waals surface area (Å²) >= 11 is 3.33. The minimum absolute atomic E-state index is 0.0147. The average molecular weight is 313 g/mol. The molecule has 94 valence electrons. The van der Waals surface area contributed by atoms with Crippen LogP contribution >= 0.6 is 15.9 Å². The van der Waals surface area contributed by atoms with Gasteiger partial charge in [-0.1, -0.05) is 0 Å². The minimum Gasteiger partial charge on any atom is -0.313 e. The zero-order valence-corrected chi connectivity index (χ0v) is 11.0. The van der Waals surface area contributed by atoms with Crippen LogP contribution in [0.25, 0.3) is 5.69 Å². The Morgan fingerprint density at radius 3 is 3.00 bits per heavy atom. The molecule has 0 aliphatic rings. The molecule has 18 heavy (non-hydrogen) atoms. The van der Waals surface area contributed by atoms with Crippen LogP contribution in [0.1, 0.15) is 5.82 Å². The van der Waals surface area contributed by atoms with Gasteiger partial charge in [-0.05, 0) is 39.5 Å². The number of halogens is 1. The predicted molar refractivity (Wildman–Crippen MR) is 66.3 cm³/mol. The Morgan fingerprint density at radius 2 is 2.33 bits per heavy atom. The summed E-state index contributed by atoms with van der Waals surface area (Å²) in [7, 11) is 1.77. The van der Waals surface area contributed by atoms with Crippen molar-refractivity contribution in [1.29, 1.82) is 0 Å². The third kappa shape index (κ3) is 2.36. The molecule has 0 fully saturated rings. The number of hydrogen-bond acceptors (Lipinski definition) is 6. The summed E-state index contributed by atoms with van der Waals surface area (Å²) in [4.78, 5) is 10.3. The SMILES string of the molecule is CNCc1nnnn1-c1cc([N+](=O)[O-])ccc1Br. The van der Waals surface area contributed by atoms with Crippen LogP contribution in [0.4, 0.5) is 5.69 Å². The Bertz CT molecular complexity index is 584. The van der Waals surface area contributed by atoms with Crippen LogP contribution in [0.15, 0.2) is 22.7 Å². The number of nitro groups is 1. The number of rotatable bonds is 4. The molecule has 0 amide bonds. The minimum atomic E-state index is -0.460. The zero-order chi connectivity index (χ0) is 13.1. The van der Waals surface area contributed by atoms with E-state index in [0.717, 1.165) is 0 Å². The Morgan fingerprint density at radius 1 is 1.56 bits per heavy atom. The van der Waals surface area contributed by atoms with E-state index in [1.165, 1.54) is 16.8 Å². The van der Waals surface area contributed by atoms with Crippen LogP contribution in [0.5, 0.6) is 0 Å². The summed E-state index contributed by atoms with van der Waals surface area (Å²) in [6.45, 7) is 0.460. The number of non-ortho nitro benzene ring substituents is 1. The van der Waals surface area contributed by atoms with Gasteiger partial charge >= 0.3 is 0 Å². The fraction of sp³-hybridized carbons (Fsp3) is 0.222. The first-order valence-electron chi connectivity index (χ1n) is 4.99. The second-order valence-electron chi connectivity index (χ2n) is 3.43. The van der Waals surface area contributed by atoms with Gasteiger partial charge in [0, 0.05) is 16.6 Å². The van der Waals surface area contributed by atoms with Crippen molar-refractivity contribution in [3.63, 3.8) is 0 Å². The monoisotopic (exact) mass is 312 g/mol. The van der Waals surface area contributed by atoms with Crippen LogP contribution in [0.2, 0.25) is 0 Å². The molecule has 0 unspecified atom stereocenters. The highest BCUT2D eigenvalue weighted by Crippen LogP contribution is 2.25. The number of tetrazole rings is 1. The zero-order valence-electron chi connectivity index (χ0n) is 9.37. The lowest BCUT2D eigenvalue weighted by Crippen LogP contribution is -2.12. The van der Waals surface area contributed by atoms with Crippen LogP contribution in [0.3, 0.4) is 0 Å². The summed E-state index contributed by atoms with van der Waals surface area (Å²) in [5, 5.41) is 24.9. The maximum absolute atomic E-state index is 10.8. The number of aromatic nitrogens is 4. The normalized spacial score (nSPS) is 10.6. The van der Waals surface area contributed by atoms with Crippen molar-refractivity contribution in [2.75, 3.05) is 7.05 Å². The molecular formula is C9H9BrN6O2. The molecule has 8 nitrogen and oxygen atoms in total. The largest absolute Gasteiger partial charge is 0.313 e. The van der Waals surface area contributed by atoms with Crippen LogP contribution < -0.4 is 5.32 Å². The van der Waals surface area contributed by atoms with E-state index < -0.39 is 4.92 Å². The van der Waals surface area contributed by atoms with Crippen LogP contribution in [-0.4, -0.2) is 32.2 Å². The molecular weight excluding hydrogens is 304 g/mol. The van der Waals surface area contributed by atoms with Crippen molar-refractivity contribution >= 4 is 21.6 Å². The van der Waals surface area contributed by atoms with Gasteiger partial charge in [0.05, 0.1) is 17.2 Å². The van der Waals surface area contributed by atoms with Gasteiger partial charge in [-0.2, -0.15) is 4.68 Å². The quantitative estimate of drug-likeness (QED) is 0.669. The molecule has 1 N–H and O–H groups in total. The van der Waals surface area contributed by atoms with Gasteiger partial charge in [-0.3, -0.25) is 10.1 Å². The van der Waals surface area contributed by atoms with E-state index in [2.05, 4.69) is 36.8 Å². The Balaban J connectivity index is 2.52. The topological polar surface area (TPSA) is 98.8 Å². The van der Waals surface area contributed by atoms with Gasteiger partial charge in [-0.25, -0.2) is 0 Å².